The molecule has 0 spiro atoms. The summed E-state index contributed by atoms with van der Waals surface area (Å²) in [6.45, 7) is 3.59. The summed E-state index contributed by atoms with van der Waals surface area (Å²) in [5.74, 6) is 1.02. The molecule has 18 heavy (non-hydrogen) atoms. The molecule has 1 aromatic rings. The number of piperazine rings is 1. The SMILES string of the molecule is O=C([C@H]1C[C@@H]1c1ccc(Br)cc1)N1CCNCC1. The van der Waals surface area contributed by atoms with Crippen LogP contribution in [0.25, 0.3) is 0 Å². The van der Waals surface area contributed by atoms with Crippen molar-refractivity contribution in [2.75, 3.05) is 26.2 Å². The summed E-state index contributed by atoms with van der Waals surface area (Å²) >= 11 is 3.44. The summed E-state index contributed by atoms with van der Waals surface area (Å²) in [5.41, 5.74) is 1.30. The standard InChI is InChI=1S/C14H17BrN2O/c15-11-3-1-10(2-4-11)12-9-13(12)14(18)17-7-5-16-6-8-17/h1-4,12-13,16H,5-9H2/t12-,13+/m1/s1. The lowest BCUT2D eigenvalue weighted by molar-refractivity contribution is -0.133. The molecule has 1 aliphatic heterocycles. The van der Waals surface area contributed by atoms with Gasteiger partial charge in [-0.15, -0.1) is 0 Å². The highest BCUT2D eigenvalue weighted by Crippen LogP contribution is 2.48. The molecular formula is C14H17BrN2O. The lowest BCUT2D eigenvalue weighted by Crippen LogP contribution is -2.47. The van der Waals surface area contributed by atoms with Gasteiger partial charge in [-0.1, -0.05) is 28.1 Å². The summed E-state index contributed by atoms with van der Waals surface area (Å²) in [7, 11) is 0. The van der Waals surface area contributed by atoms with Gasteiger partial charge in [0, 0.05) is 36.6 Å². The molecule has 4 heteroatoms. The van der Waals surface area contributed by atoms with Crippen molar-refractivity contribution < 1.29 is 4.79 Å². The largest absolute Gasteiger partial charge is 0.340 e. The van der Waals surface area contributed by atoms with Crippen LogP contribution >= 0.6 is 15.9 Å². The minimum absolute atomic E-state index is 0.226. The second-order valence-corrected chi connectivity index (χ2v) is 5.99. The van der Waals surface area contributed by atoms with Crippen molar-refractivity contribution in [3.63, 3.8) is 0 Å². The highest BCUT2D eigenvalue weighted by Gasteiger charge is 2.45. The van der Waals surface area contributed by atoms with Gasteiger partial charge in [0.1, 0.15) is 0 Å². The van der Waals surface area contributed by atoms with Gasteiger partial charge in [-0.05, 0) is 30.0 Å². The molecule has 1 saturated heterocycles. The highest BCUT2D eigenvalue weighted by molar-refractivity contribution is 9.10. The maximum Gasteiger partial charge on any atom is 0.226 e. The lowest BCUT2D eigenvalue weighted by Gasteiger charge is -2.27. The van der Waals surface area contributed by atoms with Crippen LogP contribution in [-0.2, 0) is 4.79 Å². The number of benzene rings is 1. The Morgan fingerprint density at radius 1 is 1.22 bits per heavy atom. The predicted molar refractivity (Wildman–Crippen MR) is 74.4 cm³/mol. The van der Waals surface area contributed by atoms with E-state index in [-0.39, 0.29) is 5.92 Å². The number of nitrogens with zero attached hydrogens (tertiary/aromatic N) is 1. The Morgan fingerprint density at radius 2 is 1.89 bits per heavy atom. The van der Waals surface area contributed by atoms with Gasteiger partial charge < -0.3 is 10.2 Å². The molecule has 2 atom stereocenters. The molecule has 0 unspecified atom stereocenters. The Bertz CT molecular complexity index is 440. The van der Waals surface area contributed by atoms with E-state index in [4.69, 9.17) is 0 Å². The van der Waals surface area contributed by atoms with Crippen molar-refractivity contribution in [3.05, 3.63) is 34.3 Å². The summed E-state index contributed by atoms with van der Waals surface area (Å²) < 4.78 is 1.09. The molecule has 0 bridgehead atoms. The molecule has 1 aliphatic carbocycles. The van der Waals surface area contributed by atoms with E-state index in [2.05, 4.69) is 45.5 Å². The van der Waals surface area contributed by atoms with Gasteiger partial charge in [0.05, 0.1) is 0 Å². The van der Waals surface area contributed by atoms with Crippen LogP contribution in [0.5, 0.6) is 0 Å². The summed E-state index contributed by atoms with van der Waals surface area (Å²) in [6.07, 6.45) is 1.02. The second-order valence-electron chi connectivity index (χ2n) is 5.08. The third-order valence-corrected chi connectivity index (χ3v) is 4.36. The summed E-state index contributed by atoms with van der Waals surface area (Å²) in [4.78, 5) is 14.3. The van der Waals surface area contributed by atoms with Crippen LogP contribution < -0.4 is 5.32 Å². The number of rotatable bonds is 2. The molecule has 0 aromatic heterocycles. The molecular weight excluding hydrogens is 292 g/mol. The molecule has 3 nitrogen and oxygen atoms in total. The van der Waals surface area contributed by atoms with E-state index in [1.165, 1.54) is 5.56 Å². The van der Waals surface area contributed by atoms with Crippen LogP contribution in [0.3, 0.4) is 0 Å². The number of hydrogen-bond acceptors (Lipinski definition) is 2. The van der Waals surface area contributed by atoms with Gasteiger partial charge in [0.25, 0.3) is 0 Å². The zero-order valence-corrected chi connectivity index (χ0v) is 11.8. The van der Waals surface area contributed by atoms with E-state index < -0.39 is 0 Å². The monoisotopic (exact) mass is 308 g/mol. The highest BCUT2D eigenvalue weighted by atomic mass is 79.9. The third kappa shape index (κ3) is 2.45. The number of hydrogen-bond donors (Lipinski definition) is 1. The smallest absolute Gasteiger partial charge is 0.226 e. The van der Waals surface area contributed by atoms with Crippen molar-refractivity contribution in [2.24, 2.45) is 5.92 Å². The number of carbonyl (C=O) groups is 1. The van der Waals surface area contributed by atoms with Crippen LogP contribution in [0.1, 0.15) is 17.9 Å². The first-order valence-electron chi connectivity index (χ1n) is 6.50. The molecule has 1 N–H and O–H groups in total. The topological polar surface area (TPSA) is 32.3 Å². The van der Waals surface area contributed by atoms with E-state index in [1.807, 2.05) is 4.90 Å². The van der Waals surface area contributed by atoms with Gasteiger partial charge >= 0.3 is 0 Å². The summed E-state index contributed by atoms with van der Waals surface area (Å²) in [6, 6.07) is 8.36. The van der Waals surface area contributed by atoms with E-state index in [0.717, 1.165) is 37.1 Å². The maximum atomic E-state index is 12.3. The van der Waals surface area contributed by atoms with Crippen LogP contribution in [-0.4, -0.2) is 37.0 Å². The first-order valence-corrected chi connectivity index (χ1v) is 7.30. The minimum Gasteiger partial charge on any atom is -0.340 e. The van der Waals surface area contributed by atoms with E-state index in [1.54, 1.807) is 0 Å². The van der Waals surface area contributed by atoms with Crippen molar-refractivity contribution >= 4 is 21.8 Å². The molecule has 1 aromatic carbocycles. The van der Waals surface area contributed by atoms with Crippen LogP contribution in [0.2, 0.25) is 0 Å². The number of halogens is 1. The minimum atomic E-state index is 0.226. The quantitative estimate of drug-likeness (QED) is 0.906. The average Bonchev–Trinajstić information content (AvgIpc) is 3.20. The van der Waals surface area contributed by atoms with Gasteiger partial charge in [-0.25, -0.2) is 0 Å². The van der Waals surface area contributed by atoms with Gasteiger partial charge in [-0.2, -0.15) is 0 Å². The number of nitrogens with one attached hydrogen (secondary N) is 1. The Balaban J connectivity index is 1.63. The fourth-order valence-electron chi connectivity index (χ4n) is 2.67. The fraction of sp³-hybridized carbons (Fsp3) is 0.500. The molecule has 2 aliphatic rings. The molecule has 96 valence electrons. The van der Waals surface area contributed by atoms with Gasteiger partial charge in [0.15, 0.2) is 0 Å². The van der Waals surface area contributed by atoms with Crippen molar-refractivity contribution in [2.45, 2.75) is 12.3 Å². The molecule has 1 amide bonds. The normalized spacial score (nSPS) is 27.1. The first kappa shape index (κ1) is 12.2. The van der Waals surface area contributed by atoms with Crippen LogP contribution in [0, 0.1) is 5.92 Å². The zero-order valence-electron chi connectivity index (χ0n) is 10.2. The lowest BCUT2D eigenvalue weighted by atomic mass is 10.1. The average molecular weight is 309 g/mol. The molecule has 1 saturated carbocycles. The third-order valence-electron chi connectivity index (χ3n) is 3.83. The van der Waals surface area contributed by atoms with Crippen molar-refractivity contribution in [1.29, 1.82) is 0 Å². The molecule has 3 rings (SSSR count). The molecule has 2 fully saturated rings. The second kappa shape index (κ2) is 5.02. The Labute approximate surface area is 116 Å². The van der Waals surface area contributed by atoms with Gasteiger partial charge in [-0.3, -0.25) is 4.79 Å². The summed E-state index contributed by atoms with van der Waals surface area (Å²) in [5, 5.41) is 3.28. The van der Waals surface area contributed by atoms with Crippen LogP contribution in [0.4, 0.5) is 0 Å². The molecule has 0 radical (unpaired) electrons. The van der Waals surface area contributed by atoms with E-state index >= 15 is 0 Å². The first-order chi connectivity index (χ1) is 8.75. The van der Waals surface area contributed by atoms with Crippen molar-refractivity contribution in [3.8, 4) is 0 Å². The van der Waals surface area contributed by atoms with Crippen molar-refractivity contribution in [1.82, 2.24) is 10.2 Å². The molecule has 1 heterocycles. The zero-order chi connectivity index (χ0) is 12.5. The van der Waals surface area contributed by atoms with Crippen LogP contribution in [0.15, 0.2) is 28.7 Å². The Kier molecular flexibility index (Phi) is 3.39. The van der Waals surface area contributed by atoms with E-state index in [0.29, 0.717) is 11.8 Å². The van der Waals surface area contributed by atoms with Gasteiger partial charge in [0.2, 0.25) is 5.91 Å². The number of carbonyl (C=O) groups excluding carboxylic acids is 1. The maximum absolute atomic E-state index is 12.3. The van der Waals surface area contributed by atoms with E-state index in [9.17, 15) is 4.79 Å². The Morgan fingerprint density at radius 3 is 2.56 bits per heavy atom. The Hall–Kier alpha value is -0.870. The number of amides is 1. The predicted octanol–water partition coefficient (Wildman–Crippen LogP) is 1.98. The fourth-order valence-corrected chi connectivity index (χ4v) is 2.93.